The third-order valence-corrected chi connectivity index (χ3v) is 7.50. The molecule has 0 aromatic heterocycles. The number of nitrogens with zero attached hydrogens (tertiary/aromatic N) is 1. The quantitative estimate of drug-likeness (QED) is 0.542. The van der Waals surface area contributed by atoms with Gasteiger partial charge < -0.3 is 20.1 Å². The summed E-state index contributed by atoms with van der Waals surface area (Å²) in [4.78, 5) is 37.6. The van der Waals surface area contributed by atoms with Crippen LogP contribution in [0, 0.1) is 0 Å². The van der Waals surface area contributed by atoms with Crippen LogP contribution in [0.15, 0.2) is 46.5 Å². The van der Waals surface area contributed by atoms with Crippen LogP contribution >= 0.6 is 0 Å². The molecule has 2 atom stereocenters. The topological polar surface area (TPSA) is 131 Å². The van der Waals surface area contributed by atoms with Crippen LogP contribution in [0.2, 0.25) is 0 Å². The third kappa shape index (κ3) is 5.53. The lowest BCUT2D eigenvalue weighted by Gasteiger charge is -2.33. The Morgan fingerprint density at radius 2 is 1.85 bits per heavy atom. The Balaban J connectivity index is 1.81. The number of carbonyl (C=O) groups is 3. The van der Waals surface area contributed by atoms with E-state index in [4.69, 9.17) is 9.47 Å². The summed E-state index contributed by atoms with van der Waals surface area (Å²) in [6.45, 7) is 3.43. The summed E-state index contributed by atoms with van der Waals surface area (Å²) in [7, 11) is -3.89. The smallest absolute Gasteiger partial charge is 0.338 e. The Kier molecular flexibility index (Phi) is 8.09. The fraction of sp³-hybridized carbons (Fsp3) is 0.500. The van der Waals surface area contributed by atoms with Gasteiger partial charge >= 0.3 is 18.0 Å². The molecular formula is C22H29N3O7S. The summed E-state index contributed by atoms with van der Waals surface area (Å²) in [5, 5.41) is 5.16. The SMILES string of the molecule is CCOC(=O)C1=C(COC(=O)C2CCCCN2S(=O)(=O)c2ccccc2)NC(=O)NC1CC. The summed E-state index contributed by atoms with van der Waals surface area (Å²) in [5.74, 6) is -1.35. The Hall–Kier alpha value is -2.92. The Labute approximate surface area is 193 Å². The maximum absolute atomic E-state index is 13.1. The number of esters is 2. The van der Waals surface area contributed by atoms with Gasteiger partial charge in [-0.15, -0.1) is 0 Å². The minimum Gasteiger partial charge on any atom is -0.463 e. The Morgan fingerprint density at radius 3 is 2.52 bits per heavy atom. The van der Waals surface area contributed by atoms with Crippen molar-refractivity contribution in [2.45, 2.75) is 56.5 Å². The molecular weight excluding hydrogens is 450 g/mol. The van der Waals surface area contributed by atoms with Crippen molar-refractivity contribution < 1.29 is 32.3 Å². The average molecular weight is 480 g/mol. The van der Waals surface area contributed by atoms with E-state index >= 15 is 0 Å². The van der Waals surface area contributed by atoms with E-state index in [1.165, 1.54) is 16.4 Å². The zero-order chi connectivity index (χ0) is 24.0. The monoisotopic (exact) mass is 479 g/mol. The first kappa shape index (κ1) is 24.7. The first-order valence-corrected chi connectivity index (χ1v) is 12.4. The van der Waals surface area contributed by atoms with Crippen molar-refractivity contribution in [3.63, 3.8) is 0 Å². The molecule has 1 fully saturated rings. The maximum Gasteiger partial charge on any atom is 0.338 e. The van der Waals surface area contributed by atoms with Crippen LogP contribution in [-0.4, -0.2) is 62.5 Å². The van der Waals surface area contributed by atoms with E-state index in [9.17, 15) is 22.8 Å². The molecule has 2 aliphatic rings. The molecule has 0 radical (unpaired) electrons. The number of rotatable bonds is 8. The molecule has 2 N–H and O–H groups in total. The first-order valence-electron chi connectivity index (χ1n) is 11.0. The molecule has 0 spiro atoms. The second-order valence-corrected chi connectivity index (χ2v) is 9.61. The lowest BCUT2D eigenvalue weighted by Crippen LogP contribution is -2.52. The number of carbonyl (C=O) groups excluding carboxylic acids is 3. The highest BCUT2D eigenvalue weighted by Gasteiger charge is 2.39. The number of benzene rings is 1. The molecule has 2 heterocycles. The second kappa shape index (κ2) is 10.8. The Morgan fingerprint density at radius 1 is 1.12 bits per heavy atom. The molecule has 33 heavy (non-hydrogen) atoms. The van der Waals surface area contributed by atoms with Crippen LogP contribution in [0.25, 0.3) is 0 Å². The highest BCUT2D eigenvalue weighted by Crippen LogP contribution is 2.26. The van der Waals surface area contributed by atoms with E-state index in [-0.39, 0.29) is 35.9 Å². The van der Waals surface area contributed by atoms with Gasteiger partial charge in [0.05, 0.1) is 28.8 Å². The number of hydrogen-bond acceptors (Lipinski definition) is 7. The molecule has 3 rings (SSSR count). The van der Waals surface area contributed by atoms with Gasteiger partial charge in [-0.25, -0.2) is 18.0 Å². The minimum absolute atomic E-state index is 0.105. The van der Waals surface area contributed by atoms with Gasteiger partial charge in [0, 0.05) is 6.54 Å². The zero-order valence-corrected chi connectivity index (χ0v) is 19.5. The van der Waals surface area contributed by atoms with Crippen molar-refractivity contribution in [3.05, 3.63) is 41.6 Å². The number of sulfonamides is 1. The van der Waals surface area contributed by atoms with Crippen LogP contribution in [-0.2, 0) is 29.1 Å². The summed E-state index contributed by atoms with van der Waals surface area (Å²) in [6.07, 6.45) is 2.06. The van der Waals surface area contributed by atoms with Crippen LogP contribution in [0.1, 0.15) is 39.5 Å². The molecule has 180 valence electrons. The molecule has 0 saturated carbocycles. The van der Waals surface area contributed by atoms with Crippen LogP contribution in [0.4, 0.5) is 4.79 Å². The summed E-state index contributed by atoms with van der Waals surface area (Å²) < 4.78 is 38.0. The average Bonchev–Trinajstić information content (AvgIpc) is 2.82. The molecule has 11 heteroatoms. The molecule has 0 bridgehead atoms. The predicted octanol–water partition coefficient (Wildman–Crippen LogP) is 1.68. The van der Waals surface area contributed by atoms with Crippen LogP contribution < -0.4 is 10.6 Å². The summed E-state index contributed by atoms with van der Waals surface area (Å²) in [5.41, 5.74) is 0.315. The minimum atomic E-state index is -3.89. The molecule has 2 aliphatic heterocycles. The van der Waals surface area contributed by atoms with Gasteiger partial charge in [0.25, 0.3) is 0 Å². The van der Waals surface area contributed by atoms with Crippen molar-refractivity contribution >= 4 is 28.0 Å². The lowest BCUT2D eigenvalue weighted by molar-refractivity contribution is -0.148. The fourth-order valence-corrected chi connectivity index (χ4v) is 5.64. The second-order valence-electron chi connectivity index (χ2n) is 7.72. The van der Waals surface area contributed by atoms with E-state index < -0.39 is 40.1 Å². The maximum atomic E-state index is 13.1. The number of urea groups is 1. The van der Waals surface area contributed by atoms with E-state index in [0.29, 0.717) is 25.7 Å². The number of ether oxygens (including phenoxy) is 2. The molecule has 1 saturated heterocycles. The number of nitrogens with one attached hydrogen (secondary N) is 2. The van der Waals surface area contributed by atoms with Crippen LogP contribution in [0.3, 0.4) is 0 Å². The molecule has 0 aliphatic carbocycles. The van der Waals surface area contributed by atoms with Crippen molar-refractivity contribution in [1.82, 2.24) is 14.9 Å². The van der Waals surface area contributed by atoms with Gasteiger partial charge in [0.2, 0.25) is 10.0 Å². The van der Waals surface area contributed by atoms with E-state index in [2.05, 4.69) is 10.6 Å². The lowest BCUT2D eigenvalue weighted by atomic mass is 10.0. The molecule has 2 amide bonds. The largest absolute Gasteiger partial charge is 0.463 e. The standard InChI is InChI=1S/C22H29N3O7S/c1-3-16-19(21(27)31-4-2)17(24-22(28)23-16)14-32-20(26)18-12-8-9-13-25(18)33(29,30)15-10-6-5-7-11-15/h5-7,10-11,16,18H,3-4,8-9,12-14H2,1-2H3,(H2,23,24,28). The number of hydrogen-bond donors (Lipinski definition) is 2. The predicted molar refractivity (Wildman–Crippen MR) is 118 cm³/mol. The van der Waals surface area contributed by atoms with Gasteiger partial charge in [-0.2, -0.15) is 4.31 Å². The molecule has 1 aromatic rings. The summed E-state index contributed by atoms with van der Waals surface area (Å²) in [6, 6.07) is 5.83. The van der Waals surface area contributed by atoms with Gasteiger partial charge in [-0.3, -0.25) is 4.79 Å². The first-order chi connectivity index (χ1) is 15.8. The zero-order valence-electron chi connectivity index (χ0n) is 18.7. The number of piperidine rings is 1. The van der Waals surface area contributed by atoms with E-state index in [0.717, 1.165) is 0 Å². The van der Waals surface area contributed by atoms with Gasteiger partial charge in [-0.1, -0.05) is 25.1 Å². The van der Waals surface area contributed by atoms with Gasteiger partial charge in [0.1, 0.15) is 12.6 Å². The fourth-order valence-electron chi connectivity index (χ4n) is 3.97. The van der Waals surface area contributed by atoms with Gasteiger partial charge in [-0.05, 0) is 44.7 Å². The van der Waals surface area contributed by atoms with E-state index in [1.807, 2.05) is 0 Å². The van der Waals surface area contributed by atoms with E-state index in [1.54, 1.807) is 32.0 Å². The Bertz CT molecular complexity index is 1020. The normalized spacial score (nSPS) is 21.7. The van der Waals surface area contributed by atoms with Crippen molar-refractivity contribution in [3.8, 4) is 0 Å². The van der Waals surface area contributed by atoms with Crippen molar-refractivity contribution in [2.24, 2.45) is 0 Å². The summed E-state index contributed by atoms with van der Waals surface area (Å²) >= 11 is 0. The third-order valence-electron chi connectivity index (χ3n) is 5.58. The molecule has 2 unspecified atom stereocenters. The number of amides is 2. The van der Waals surface area contributed by atoms with Gasteiger partial charge in [0.15, 0.2) is 0 Å². The molecule has 10 nitrogen and oxygen atoms in total. The highest BCUT2D eigenvalue weighted by molar-refractivity contribution is 7.89. The van der Waals surface area contributed by atoms with Crippen LogP contribution in [0.5, 0.6) is 0 Å². The van der Waals surface area contributed by atoms with Crippen molar-refractivity contribution in [1.29, 1.82) is 0 Å². The van der Waals surface area contributed by atoms with Crippen molar-refractivity contribution in [2.75, 3.05) is 19.8 Å². The highest BCUT2D eigenvalue weighted by atomic mass is 32.2. The molecule has 1 aromatic carbocycles.